The van der Waals surface area contributed by atoms with E-state index in [-0.39, 0.29) is 16.7 Å². The molecule has 0 spiro atoms. The third-order valence-corrected chi connectivity index (χ3v) is 6.29. The van der Waals surface area contributed by atoms with E-state index < -0.39 is 15.8 Å². The maximum Gasteiger partial charge on any atom is 0.240 e. The van der Waals surface area contributed by atoms with E-state index in [9.17, 15) is 12.8 Å². The van der Waals surface area contributed by atoms with Crippen LogP contribution < -0.4 is 14.4 Å². The van der Waals surface area contributed by atoms with Crippen molar-refractivity contribution in [3.63, 3.8) is 0 Å². The molecular weight excluding hydrogens is 353 g/mol. The van der Waals surface area contributed by atoms with Gasteiger partial charge in [0.15, 0.2) is 16.7 Å². The zero-order valence-electron chi connectivity index (χ0n) is 13.1. The molecular formula is C15H18FN3O3S2. The Morgan fingerprint density at radius 2 is 2.12 bits per heavy atom. The molecule has 0 unspecified atom stereocenters. The van der Waals surface area contributed by atoms with Crippen molar-refractivity contribution in [1.82, 2.24) is 9.71 Å². The molecule has 3 rings (SSSR count). The Hall–Kier alpha value is -1.71. The molecule has 2 heterocycles. The van der Waals surface area contributed by atoms with Gasteiger partial charge in [0.05, 0.1) is 12.0 Å². The smallest absolute Gasteiger partial charge is 0.240 e. The summed E-state index contributed by atoms with van der Waals surface area (Å²) in [5, 5.41) is 2.87. The highest BCUT2D eigenvalue weighted by atomic mass is 32.2. The molecule has 1 aliphatic rings. The average molecular weight is 371 g/mol. The van der Waals surface area contributed by atoms with Gasteiger partial charge >= 0.3 is 0 Å². The monoisotopic (exact) mass is 371 g/mol. The van der Waals surface area contributed by atoms with E-state index in [0.717, 1.165) is 24.3 Å². The van der Waals surface area contributed by atoms with Crippen molar-refractivity contribution in [3.8, 4) is 5.75 Å². The number of thiazole rings is 1. The van der Waals surface area contributed by atoms with Gasteiger partial charge in [-0.1, -0.05) is 0 Å². The highest BCUT2D eigenvalue weighted by Crippen LogP contribution is 2.24. The molecule has 0 atom stereocenters. The number of ether oxygens (including phenoxy) is 1. The first kappa shape index (κ1) is 17.1. The van der Waals surface area contributed by atoms with Crippen LogP contribution in [-0.2, 0) is 10.0 Å². The lowest BCUT2D eigenvalue weighted by Crippen LogP contribution is -2.44. The summed E-state index contributed by atoms with van der Waals surface area (Å²) in [7, 11) is -2.42. The topological polar surface area (TPSA) is 71.5 Å². The van der Waals surface area contributed by atoms with Crippen LogP contribution >= 0.6 is 11.3 Å². The quantitative estimate of drug-likeness (QED) is 0.873. The molecule has 0 aliphatic carbocycles. The summed E-state index contributed by atoms with van der Waals surface area (Å²) < 4.78 is 46.1. The fraction of sp³-hybridized carbons (Fsp3) is 0.400. The van der Waals surface area contributed by atoms with E-state index in [4.69, 9.17) is 4.74 Å². The Labute approximate surface area is 144 Å². The summed E-state index contributed by atoms with van der Waals surface area (Å²) in [5.74, 6) is -0.676. The number of nitrogens with zero attached hydrogens (tertiary/aromatic N) is 2. The number of anilines is 1. The van der Waals surface area contributed by atoms with Gasteiger partial charge in [-0.05, 0) is 31.0 Å². The highest BCUT2D eigenvalue weighted by molar-refractivity contribution is 7.89. The summed E-state index contributed by atoms with van der Waals surface area (Å²) in [4.78, 5) is 6.31. The number of methoxy groups -OCH3 is 1. The van der Waals surface area contributed by atoms with Crippen molar-refractivity contribution in [1.29, 1.82) is 0 Å². The Balaban J connectivity index is 1.64. The molecule has 1 fully saturated rings. The fourth-order valence-corrected chi connectivity index (χ4v) is 4.68. The lowest BCUT2D eigenvalue weighted by molar-refractivity contribution is 0.385. The minimum Gasteiger partial charge on any atom is -0.494 e. The third kappa shape index (κ3) is 3.68. The van der Waals surface area contributed by atoms with Crippen LogP contribution in [-0.4, -0.2) is 39.6 Å². The molecule has 1 aromatic heterocycles. The largest absolute Gasteiger partial charge is 0.494 e. The number of hydrogen-bond donors (Lipinski definition) is 1. The Morgan fingerprint density at radius 1 is 1.38 bits per heavy atom. The lowest BCUT2D eigenvalue weighted by Gasteiger charge is -2.31. The van der Waals surface area contributed by atoms with Gasteiger partial charge in [0.25, 0.3) is 0 Å². The molecule has 1 saturated heterocycles. The zero-order valence-corrected chi connectivity index (χ0v) is 14.7. The molecule has 0 bridgehead atoms. The second kappa shape index (κ2) is 7.04. The van der Waals surface area contributed by atoms with Gasteiger partial charge in [-0.3, -0.25) is 0 Å². The normalized spacial score (nSPS) is 16.3. The van der Waals surface area contributed by atoms with Crippen molar-refractivity contribution in [2.75, 3.05) is 25.1 Å². The van der Waals surface area contributed by atoms with Crippen LogP contribution in [0.5, 0.6) is 5.75 Å². The first-order valence-corrected chi connectivity index (χ1v) is 9.86. The molecule has 0 radical (unpaired) electrons. The van der Waals surface area contributed by atoms with Crippen molar-refractivity contribution < 1.29 is 17.5 Å². The van der Waals surface area contributed by atoms with Gasteiger partial charge in [-0.25, -0.2) is 22.5 Å². The predicted molar refractivity (Wildman–Crippen MR) is 90.6 cm³/mol. The molecule has 24 heavy (non-hydrogen) atoms. The molecule has 130 valence electrons. The van der Waals surface area contributed by atoms with Crippen molar-refractivity contribution in [2.24, 2.45) is 0 Å². The van der Waals surface area contributed by atoms with Crippen LogP contribution in [0.2, 0.25) is 0 Å². The molecule has 1 aliphatic heterocycles. The number of nitrogens with one attached hydrogen (secondary N) is 1. The van der Waals surface area contributed by atoms with Gasteiger partial charge < -0.3 is 9.64 Å². The molecule has 0 amide bonds. The summed E-state index contributed by atoms with van der Waals surface area (Å²) in [6.07, 6.45) is 3.11. The van der Waals surface area contributed by atoms with Gasteiger partial charge in [-0.2, -0.15) is 0 Å². The van der Waals surface area contributed by atoms with Gasteiger partial charge in [0.2, 0.25) is 10.0 Å². The summed E-state index contributed by atoms with van der Waals surface area (Å²) in [6, 6.07) is 3.46. The number of halogens is 1. The molecule has 1 aromatic carbocycles. The Kier molecular flexibility index (Phi) is 5.02. The van der Waals surface area contributed by atoms with Crippen LogP contribution in [0.15, 0.2) is 34.7 Å². The van der Waals surface area contributed by atoms with E-state index in [1.165, 1.54) is 19.2 Å². The minimum atomic E-state index is -3.76. The Bertz CT molecular complexity index is 788. The van der Waals surface area contributed by atoms with Gasteiger partial charge in [-0.15, -0.1) is 11.3 Å². The summed E-state index contributed by atoms with van der Waals surface area (Å²) in [5.41, 5.74) is 0. The summed E-state index contributed by atoms with van der Waals surface area (Å²) >= 11 is 1.57. The van der Waals surface area contributed by atoms with Crippen molar-refractivity contribution >= 4 is 26.5 Å². The molecule has 6 nitrogen and oxygen atoms in total. The van der Waals surface area contributed by atoms with E-state index in [0.29, 0.717) is 12.8 Å². The number of benzene rings is 1. The molecule has 1 N–H and O–H groups in total. The molecule has 2 aromatic rings. The first-order valence-electron chi connectivity index (χ1n) is 7.50. The average Bonchev–Trinajstić information content (AvgIpc) is 3.09. The van der Waals surface area contributed by atoms with E-state index >= 15 is 0 Å². The fourth-order valence-electron chi connectivity index (χ4n) is 2.66. The predicted octanol–water partition coefficient (Wildman–Crippen LogP) is 2.24. The Morgan fingerprint density at radius 3 is 2.71 bits per heavy atom. The van der Waals surface area contributed by atoms with Gasteiger partial charge in [0.1, 0.15) is 0 Å². The van der Waals surface area contributed by atoms with Crippen molar-refractivity contribution in [3.05, 3.63) is 35.6 Å². The second-order valence-corrected chi connectivity index (χ2v) is 8.08. The van der Waals surface area contributed by atoms with Gasteiger partial charge in [0, 0.05) is 30.7 Å². The molecule has 0 saturated carbocycles. The highest BCUT2D eigenvalue weighted by Gasteiger charge is 2.26. The number of sulfonamides is 1. The minimum absolute atomic E-state index is 0.0192. The van der Waals surface area contributed by atoms with E-state index in [1.54, 1.807) is 17.5 Å². The molecule has 9 heteroatoms. The third-order valence-electron chi connectivity index (χ3n) is 3.94. The second-order valence-electron chi connectivity index (χ2n) is 5.49. The first-order chi connectivity index (χ1) is 11.5. The lowest BCUT2D eigenvalue weighted by atomic mass is 10.1. The van der Waals surface area contributed by atoms with Crippen LogP contribution in [0, 0.1) is 5.82 Å². The van der Waals surface area contributed by atoms with Crippen molar-refractivity contribution in [2.45, 2.75) is 23.8 Å². The van der Waals surface area contributed by atoms with Crippen LogP contribution in [0.4, 0.5) is 9.52 Å². The summed E-state index contributed by atoms with van der Waals surface area (Å²) in [6.45, 7) is 1.47. The number of hydrogen-bond acceptors (Lipinski definition) is 6. The standard InChI is InChI=1S/C15H18FN3O3S2/c1-22-14-3-2-12(10-13(14)16)24(20,21)18-11-4-7-19(8-5-11)15-17-6-9-23-15/h2-3,6,9-11,18H,4-5,7-8H2,1H3. The number of aromatic nitrogens is 1. The SMILES string of the molecule is COc1ccc(S(=O)(=O)NC2CCN(c3nccs3)CC2)cc1F. The van der Waals surface area contributed by atoms with Crippen LogP contribution in [0.25, 0.3) is 0 Å². The number of piperidine rings is 1. The van der Waals surface area contributed by atoms with Crippen LogP contribution in [0.3, 0.4) is 0 Å². The maximum atomic E-state index is 13.7. The maximum absolute atomic E-state index is 13.7. The zero-order chi connectivity index (χ0) is 17.2. The number of rotatable bonds is 5. The van der Waals surface area contributed by atoms with Crippen LogP contribution in [0.1, 0.15) is 12.8 Å². The van der Waals surface area contributed by atoms with E-state index in [2.05, 4.69) is 14.6 Å². The van der Waals surface area contributed by atoms with E-state index in [1.807, 2.05) is 5.38 Å².